The lowest BCUT2D eigenvalue weighted by Crippen LogP contribution is -2.38. The highest BCUT2D eigenvalue weighted by Crippen LogP contribution is 2.32. The van der Waals surface area contributed by atoms with E-state index < -0.39 is 0 Å². The molecule has 3 N–H and O–H groups in total. The van der Waals surface area contributed by atoms with Gasteiger partial charge in [0.25, 0.3) is 0 Å². The lowest BCUT2D eigenvalue weighted by Gasteiger charge is -2.24. The van der Waals surface area contributed by atoms with Gasteiger partial charge in [-0.25, -0.2) is 0 Å². The maximum atomic E-state index is 12.2. The molecular weight excluding hydrogens is 254 g/mol. The van der Waals surface area contributed by atoms with Gasteiger partial charge in [0.1, 0.15) is 0 Å². The van der Waals surface area contributed by atoms with Crippen LogP contribution in [0.1, 0.15) is 25.7 Å². The molecule has 0 spiro atoms. The van der Waals surface area contributed by atoms with Gasteiger partial charge in [-0.2, -0.15) is 0 Å². The summed E-state index contributed by atoms with van der Waals surface area (Å²) in [5, 5.41) is 2.55. The lowest BCUT2D eigenvalue weighted by molar-refractivity contribution is -0.135. The summed E-state index contributed by atoms with van der Waals surface area (Å²) in [6, 6.07) is 0. The van der Waals surface area contributed by atoms with Crippen molar-refractivity contribution in [2.45, 2.75) is 25.7 Å². The van der Waals surface area contributed by atoms with E-state index in [4.69, 9.17) is 5.73 Å². The van der Waals surface area contributed by atoms with E-state index in [9.17, 15) is 9.59 Å². The maximum Gasteiger partial charge on any atom is 0.225 e. The van der Waals surface area contributed by atoms with E-state index in [2.05, 4.69) is 5.32 Å². The molecule has 0 aliphatic heterocycles. The quantitative estimate of drug-likeness (QED) is 0.763. The van der Waals surface area contributed by atoms with Gasteiger partial charge < -0.3 is 16.0 Å². The van der Waals surface area contributed by atoms with Crippen molar-refractivity contribution >= 4 is 24.2 Å². The number of nitrogens with one attached hydrogen (secondary N) is 1. The number of hydrogen-bond donors (Lipinski definition) is 2. The first-order valence-corrected chi connectivity index (χ1v) is 6.25. The van der Waals surface area contributed by atoms with Crippen LogP contribution >= 0.6 is 12.4 Å². The summed E-state index contributed by atoms with van der Waals surface area (Å²) in [7, 11) is 3.36. The fourth-order valence-corrected chi connectivity index (χ4v) is 2.43. The van der Waals surface area contributed by atoms with Gasteiger partial charge in [-0.1, -0.05) is 6.42 Å². The fourth-order valence-electron chi connectivity index (χ4n) is 2.43. The Hall–Kier alpha value is -0.810. The van der Waals surface area contributed by atoms with Crippen molar-refractivity contribution in [3.63, 3.8) is 0 Å². The van der Waals surface area contributed by atoms with Crippen LogP contribution in [0.25, 0.3) is 0 Å². The molecule has 1 aliphatic rings. The monoisotopic (exact) mass is 277 g/mol. The molecule has 18 heavy (non-hydrogen) atoms. The average molecular weight is 278 g/mol. The SMILES string of the molecule is CNC(=O)CCN(C)C(=O)[C@@H]1CCC[C@@H]1CN.Cl. The summed E-state index contributed by atoms with van der Waals surface area (Å²) in [5.41, 5.74) is 5.67. The van der Waals surface area contributed by atoms with Crippen molar-refractivity contribution in [1.29, 1.82) is 0 Å². The zero-order valence-electron chi connectivity index (χ0n) is 11.1. The molecule has 0 radical (unpaired) electrons. The zero-order chi connectivity index (χ0) is 12.8. The highest BCUT2D eigenvalue weighted by atomic mass is 35.5. The van der Waals surface area contributed by atoms with E-state index >= 15 is 0 Å². The van der Waals surface area contributed by atoms with E-state index in [1.807, 2.05) is 0 Å². The minimum Gasteiger partial charge on any atom is -0.359 e. The second-order valence-corrected chi connectivity index (χ2v) is 4.72. The van der Waals surface area contributed by atoms with Gasteiger partial charge in [0.2, 0.25) is 11.8 Å². The number of hydrogen-bond acceptors (Lipinski definition) is 3. The predicted molar refractivity (Wildman–Crippen MR) is 73.5 cm³/mol. The summed E-state index contributed by atoms with van der Waals surface area (Å²) >= 11 is 0. The van der Waals surface area contributed by atoms with E-state index in [0.717, 1.165) is 19.3 Å². The summed E-state index contributed by atoms with van der Waals surface area (Å²) < 4.78 is 0. The normalized spacial score (nSPS) is 22.2. The Labute approximate surface area is 115 Å². The first-order valence-electron chi connectivity index (χ1n) is 6.25. The third-order valence-corrected chi connectivity index (χ3v) is 3.61. The molecule has 6 heteroatoms. The van der Waals surface area contributed by atoms with E-state index in [-0.39, 0.29) is 30.1 Å². The van der Waals surface area contributed by atoms with Gasteiger partial charge >= 0.3 is 0 Å². The molecule has 1 fully saturated rings. The predicted octanol–water partition coefficient (Wildman–Crippen LogP) is 0.378. The largest absolute Gasteiger partial charge is 0.359 e. The van der Waals surface area contributed by atoms with Crippen LogP contribution in [-0.2, 0) is 9.59 Å². The minimum atomic E-state index is -0.0357. The molecule has 0 saturated heterocycles. The summed E-state index contributed by atoms with van der Waals surface area (Å²) in [4.78, 5) is 24.9. The molecule has 0 unspecified atom stereocenters. The van der Waals surface area contributed by atoms with Crippen LogP contribution in [0, 0.1) is 11.8 Å². The first-order chi connectivity index (χ1) is 8.10. The van der Waals surface area contributed by atoms with Crippen LogP contribution in [0.3, 0.4) is 0 Å². The second-order valence-electron chi connectivity index (χ2n) is 4.72. The molecule has 0 aromatic rings. The summed E-state index contributed by atoms with van der Waals surface area (Å²) in [5.74, 6) is 0.493. The number of rotatable bonds is 5. The van der Waals surface area contributed by atoms with Crippen molar-refractivity contribution < 1.29 is 9.59 Å². The van der Waals surface area contributed by atoms with Gasteiger partial charge in [0.05, 0.1) is 0 Å². The number of halogens is 1. The Morgan fingerprint density at radius 3 is 2.61 bits per heavy atom. The van der Waals surface area contributed by atoms with Gasteiger partial charge in [0, 0.05) is 33.0 Å². The van der Waals surface area contributed by atoms with Crippen molar-refractivity contribution in [1.82, 2.24) is 10.2 Å². The molecule has 1 rings (SSSR count). The Morgan fingerprint density at radius 2 is 2.06 bits per heavy atom. The third kappa shape index (κ3) is 4.46. The maximum absolute atomic E-state index is 12.2. The number of carbonyl (C=O) groups excluding carboxylic acids is 2. The highest BCUT2D eigenvalue weighted by Gasteiger charge is 2.33. The highest BCUT2D eigenvalue weighted by molar-refractivity contribution is 5.85. The van der Waals surface area contributed by atoms with E-state index in [0.29, 0.717) is 25.4 Å². The number of carbonyl (C=O) groups is 2. The molecule has 5 nitrogen and oxygen atoms in total. The molecule has 0 heterocycles. The molecule has 1 saturated carbocycles. The molecule has 2 amide bonds. The van der Waals surface area contributed by atoms with E-state index in [1.54, 1.807) is 19.0 Å². The van der Waals surface area contributed by atoms with Crippen LogP contribution in [0.15, 0.2) is 0 Å². The average Bonchev–Trinajstić information content (AvgIpc) is 2.82. The Kier molecular flexibility index (Phi) is 7.95. The molecule has 106 valence electrons. The van der Waals surface area contributed by atoms with Crippen LogP contribution in [0.2, 0.25) is 0 Å². The van der Waals surface area contributed by atoms with Gasteiger partial charge in [-0.05, 0) is 25.3 Å². The molecule has 0 aromatic heterocycles. The number of nitrogens with zero attached hydrogens (tertiary/aromatic N) is 1. The van der Waals surface area contributed by atoms with Crippen LogP contribution < -0.4 is 11.1 Å². The topological polar surface area (TPSA) is 75.4 Å². The minimum absolute atomic E-state index is 0. The van der Waals surface area contributed by atoms with Crippen molar-refractivity contribution in [3.05, 3.63) is 0 Å². The number of nitrogens with two attached hydrogens (primary N) is 1. The standard InChI is InChI=1S/C12H23N3O2.ClH/c1-14-11(16)6-7-15(2)12(17)10-5-3-4-9(10)8-13;/h9-10H,3-8,13H2,1-2H3,(H,14,16);1H/t9-,10-;/m1./s1. The van der Waals surface area contributed by atoms with Crippen LogP contribution in [-0.4, -0.2) is 43.9 Å². The molecule has 0 aromatic carbocycles. The van der Waals surface area contributed by atoms with Crippen LogP contribution in [0.5, 0.6) is 0 Å². The first kappa shape index (κ1) is 17.2. The lowest BCUT2D eigenvalue weighted by atomic mass is 9.95. The molecule has 0 bridgehead atoms. The molecular formula is C12H24ClN3O2. The van der Waals surface area contributed by atoms with Crippen molar-refractivity contribution in [2.24, 2.45) is 17.6 Å². The Bertz CT molecular complexity index is 286. The summed E-state index contributed by atoms with van der Waals surface area (Å²) in [6.45, 7) is 1.06. The van der Waals surface area contributed by atoms with Crippen molar-refractivity contribution in [3.8, 4) is 0 Å². The van der Waals surface area contributed by atoms with Crippen molar-refractivity contribution in [2.75, 3.05) is 27.2 Å². The number of amides is 2. The Balaban J connectivity index is 0.00000289. The van der Waals surface area contributed by atoms with Gasteiger partial charge in [-0.3, -0.25) is 9.59 Å². The van der Waals surface area contributed by atoms with Gasteiger partial charge in [-0.15, -0.1) is 12.4 Å². The third-order valence-electron chi connectivity index (χ3n) is 3.61. The second kappa shape index (κ2) is 8.32. The Morgan fingerprint density at radius 1 is 1.39 bits per heavy atom. The summed E-state index contributed by atoms with van der Waals surface area (Å²) in [6.07, 6.45) is 3.43. The van der Waals surface area contributed by atoms with Crippen LogP contribution in [0.4, 0.5) is 0 Å². The van der Waals surface area contributed by atoms with E-state index in [1.165, 1.54) is 0 Å². The zero-order valence-corrected chi connectivity index (χ0v) is 12.0. The molecule has 1 aliphatic carbocycles. The molecule has 2 atom stereocenters. The van der Waals surface area contributed by atoms with Gasteiger partial charge in [0.15, 0.2) is 0 Å². The fraction of sp³-hybridized carbons (Fsp3) is 0.833. The smallest absolute Gasteiger partial charge is 0.225 e.